The van der Waals surface area contributed by atoms with E-state index in [1.54, 1.807) is 13.0 Å². The number of halogens is 3. The lowest BCUT2D eigenvalue weighted by Gasteiger charge is -2.11. The number of hydrogen-bond acceptors (Lipinski definition) is 4. The van der Waals surface area contributed by atoms with Crippen LogP contribution in [0.5, 0.6) is 5.75 Å². The first kappa shape index (κ1) is 14.8. The van der Waals surface area contributed by atoms with E-state index in [2.05, 4.69) is 4.74 Å². The normalized spacial score (nSPS) is 10.7. The van der Waals surface area contributed by atoms with Crippen LogP contribution in [0.3, 0.4) is 0 Å². The Morgan fingerprint density at radius 1 is 1.42 bits per heavy atom. The lowest BCUT2D eigenvalue weighted by atomic mass is 10.1. The van der Waals surface area contributed by atoms with Crippen molar-refractivity contribution in [1.29, 1.82) is 5.26 Å². The van der Waals surface area contributed by atoms with Crippen molar-refractivity contribution in [2.75, 3.05) is 6.61 Å². The average molecular weight is 273 g/mol. The van der Waals surface area contributed by atoms with Gasteiger partial charge >= 0.3 is 12.3 Å². The van der Waals surface area contributed by atoms with E-state index in [0.717, 1.165) is 12.1 Å². The molecule has 0 saturated carbocycles. The molecule has 0 spiro atoms. The Morgan fingerprint density at radius 2 is 2.11 bits per heavy atom. The first-order chi connectivity index (χ1) is 8.85. The Kier molecular flexibility index (Phi) is 4.75. The second-order valence-electron chi connectivity index (χ2n) is 3.47. The minimum Gasteiger partial charge on any atom is -0.466 e. The van der Waals surface area contributed by atoms with Gasteiger partial charge in [0.05, 0.1) is 18.6 Å². The first-order valence-corrected chi connectivity index (χ1v) is 5.30. The quantitative estimate of drug-likeness (QED) is 0.791. The predicted molar refractivity (Wildman–Crippen MR) is 58.2 cm³/mol. The van der Waals surface area contributed by atoms with Crippen molar-refractivity contribution in [3.05, 3.63) is 29.3 Å². The van der Waals surface area contributed by atoms with Crippen molar-refractivity contribution in [1.82, 2.24) is 0 Å². The summed E-state index contributed by atoms with van der Waals surface area (Å²) >= 11 is 0. The molecule has 0 bridgehead atoms. The van der Waals surface area contributed by atoms with Gasteiger partial charge in [-0.2, -0.15) is 5.26 Å². The molecule has 0 aliphatic carbocycles. The monoisotopic (exact) mass is 273 g/mol. The SMILES string of the molecule is CCOC(=O)Cc1ccc(OC(F)(F)F)c(C#N)c1. The Balaban J connectivity index is 2.91. The topological polar surface area (TPSA) is 59.3 Å². The molecule has 1 aromatic carbocycles. The number of alkyl halides is 3. The summed E-state index contributed by atoms with van der Waals surface area (Å²) in [7, 11) is 0. The highest BCUT2D eigenvalue weighted by Gasteiger charge is 2.32. The zero-order valence-electron chi connectivity index (χ0n) is 9.95. The van der Waals surface area contributed by atoms with Crippen LogP contribution in [0.2, 0.25) is 0 Å². The summed E-state index contributed by atoms with van der Waals surface area (Å²) in [5.74, 6) is -1.11. The number of nitriles is 1. The van der Waals surface area contributed by atoms with Gasteiger partial charge in [-0.3, -0.25) is 4.79 Å². The fraction of sp³-hybridized carbons (Fsp3) is 0.333. The third-order valence-electron chi connectivity index (χ3n) is 2.04. The molecular formula is C12H10F3NO3. The number of ether oxygens (including phenoxy) is 2. The number of rotatable bonds is 4. The van der Waals surface area contributed by atoms with Crippen LogP contribution in [0.15, 0.2) is 18.2 Å². The highest BCUT2D eigenvalue weighted by atomic mass is 19.4. The zero-order valence-corrected chi connectivity index (χ0v) is 9.95. The summed E-state index contributed by atoms with van der Waals surface area (Å²) in [4.78, 5) is 11.2. The zero-order chi connectivity index (χ0) is 14.5. The van der Waals surface area contributed by atoms with Crippen LogP contribution in [-0.4, -0.2) is 18.9 Å². The van der Waals surface area contributed by atoms with E-state index in [0.29, 0.717) is 5.56 Å². The van der Waals surface area contributed by atoms with Crippen LogP contribution in [0.1, 0.15) is 18.1 Å². The number of benzene rings is 1. The lowest BCUT2D eigenvalue weighted by Crippen LogP contribution is -2.18. The van der Waals surface area contributed by atoms with E-state index in [1.807, 2.05) is 0 Å². The number of carbonyl (C=O) groups is 1. The highest BCUT2D eigenvalue weighted by Crippen LogP contribution is 2.26. The summed E-state index contributed by atoms with van der Waals surface area (Å²) in [6.45, 7) is 1.85. The van der Waals surface area contributed by atoms with Gasteiger partial charge in [0, 0.05) is 0 Å². The van der Waals surface area contributed by atoms with Crippen LogP contribution in [0.4, 0.5) is 13.2 Å². The van der Waals surface area contributed by atoms with Crippen LogP contribution < -0.4 is 4.74 Å². The Hall–Kier alpha value is -2.23. The fourth-order valence-corrected chi connectivity index (χ4v) is 1.37. The molecule has 102 valence electrons. The summed E-state index contributed by atoms with van der Waals surface area (Å²) in [5.41, 5.74) is 0.0867. The number of nitrogens with zero attached hydrogens (tertiary/aromatic N) is 1. The molecule has 0 aromatic heterocycles. The van der Waals surface area contributed by atoms with Gasteiger partial charge in [-0.1, -0.05) is 6.07 Å². The van der Waals surface area contributed by atoms with Gasteiger partial charge in [-0.25, -0.2) is 0 Å². The van der Waals surface area contributed by atoms with E-state index in [4.69, 9.17) is 10.00 Å². The van der Waals surface area contributed by atoms with E-state index in [-0.39, 0.29) is 18.6 Å². The van der Waals surface area contributed by atoms with E-state index in [1.165, 1.54) is 6.07 Å². The number of hydrogen-bond donors (Lipinski definition) is 0. The third-order valence-corrected chi connectivity index (χ3v) is 2.04. The number of carbonyl (C=O) groups excluding carboxylic acids is 1. The molecule has 1 rings (SSSR count). The first-order valence-electron chi connectivity index (χ1n) is 5.30. The van der Waals surface area contributed by atoms with Gasteiger partial charge in [-0.05, 0) is 24.6 Å². The molecule has 0 saturated heterocycles. The van der Waals surface area contributed by atoms with Gasteiger partial charge in [0.1, 0.15) is 11.8 Å². The maximum absolute atomic E-state index is 12.1. The average Bonchev–Trinajstić information content (AvgIpc) is 2.29. The summed E-state index contributed by atoms with van der Waals surface area (Å²) < 4.78 is 44.6. The van der Waals surface area contributed by atoms with E-state index in [9.17, 15) is 18.0 Å². The summed E-state index contributed by atoms with van der Waals surface area (Å²) in [5, 5.41) is 8.76. The van der Waals surface area contributed by atoms with Crippen molar-refractivity contribution in [2.45, 2.75) is 19.7 Å². The van der Waals surface area contributed by atoms with Gasteiger partial charge in [0.2, 0.25) is 0 Å². The molecule has 0 aliphatic heterocycles. The highest BCUT2D eigenvalue weighted by molar-refractivity contribution is 5.72. The molecule has 0 N–H and O–H groups in total. The van der Waals surface area contributed by atoms with Gasteiger partial charge in [0.15, 0.2) is 0 Å². The van der Waals surface area contributed by atoms with Crippen LogP contribution in [-0.2, 0) is 16.0 Å². The van der Waals surface area contributed by atoms with Gasteiger partial charge in [0.25, 0.3) is 0 Å². The van der Waals surface area contributed by atoms with Crippen molar-refractivity contribution in [2.24, 2.45) is 0 Å². The van der Waals surface area contributed by atoms with Crippen molar-refractivity contribution < 1.29 is 27.4 Å². The van der Waals surface area contributed by atoms with Crippen molar-refractivity contribution in [3.63, 3.8) is 0 Å². The predicted octanol–water partition coefficient (Wildman–Crippen LogP) is 2.56. The Bertz CT molecular complexity index is 506. The molecule has 0 fully saturated rings. The molecule has 0 aliphatic rings. The fourth-order valence-electron chi connectivity index (χ4n) is 1.37. The van der Waals surface area contributed by atoms with Crippen LogP contribution in [0, 0.1) is 11.3 Å². The summed E-state index contributed by atoms with van der Waals surface area (Å²) in [6.07, 6.45) is -4.98. The standard InChI is InChI=1S/C12H10F3NO3/c1-2-18-11(17)6-8-3-4-10(9(5-8)7-16)19-12(13,14)15/h3-5H,2,6H2,1H3. The van der Waals surface area contributed by atoms with Gasteiger partial charge in [-0.15, -0.1) is 13.2 Å². The van der Waals surface area contributed by atoms with Crippen molar-refractivity contribution in [3.8, 4) is 11.8 Å². The molecule has 1 aromatic rings. The molecule has 4 nitrogen and oxygen atoms in total. The molecule has 0 radical (unpaired) electrons. The maximum Gasteiger partial charge on any atom is 0.573 e. The molecule has 0 heterocycles. The molecular weight excluding hydrogens is 263 g/mol. The summed E-state index contributed by atoms with van der Waals surface area (Å²) in [6, 6.07) is 5.03. The minimum absolute atomic E-state index is 0.116. The Labute approximate surface area is 107 Å². The molecule has 7 heteroatoms. The minimum atomic E-state index is -4.87. The second kappa shape index (κ2) is 6.09. The Morgan fingerprint density at radius 3 is 2.63 bits per heavy atom. The molecule has 0 unspecified atom stereocenters. The van der Waals surface area contributed by atoms with E-state index < -0.39 is 18.1 Å². The maximum atomic E-state index is 12.1. The largest absolute Gasteiger partial charge is 0.573 e. The van der Waals surface area contributed by atoms with Crippen LogP contribution >= 0.6 is 0 Å². The second-order valence-corrected chi connectivity index (χ2v) is 3.47. The molecule has 19 heavy (non-hydrogen) atoms. The smallest absolute Gasteiger partial charge is 0.466 e. The van der Waals surface area contributed by atoms with Crippen molar-refractivity contribution >= 4 is 5.97 Å². The third kappa shape index (κ3) is 4.87. The lowest BCUT2D eigenvalue weighted by molar-refractivity contribution is -0.274. The van der Waals surface area contributed by atoms with Gasteiger partial charge < -0.3 is 9.47 Å². The molecule has 0 amide bonds. The number of esters is 1. The van der Waals surface area contributed by atoms with Crippen LogP contribution in [0.25, 0.3) is 0 Å². The van der Waals surface area contributed by atoms with E-state index >= 15 is 0 Å². The molecule has 0 atom stereocenters.